The number of aromatic nitrogens is 3. The van der Waals surface area contributed by atoms with Gasteiger partial charge in [-0.3, -0.25) is 0 Å². The molecule has 0 N–H and O–H groups in total. The van der Waals surface area contributed by atoms with Crippen LogP contribution in [0.15, 0.2) is 48.8 Å². The lowest BCUT2D eigenvalue weighted by atomic mass is 10.0. The van der Waals surface area contributed by atoms with E-state index in [2.05, 4.69) is 35.4 Å². The van der Waals surface area contributed by atoms with Crippen LogP contribution in [0.2, 0.25) is 5.02 Å². The van der Waals surface area contributed by atoms with Gasteiger partial charge in [0.15, 0.2) is 0 Å². The molecule has 19 heavy (non-hydrogen) atoms. The van der Waals surface area contributed by atoms with E-state index in [1.54, 1.807) is 6.20 Å². The number of halogens is 1. The Morgan fingerprint density at radius 1 is 1.16 bits per heavy atom. The van der Waals surface area contributed by atoms with Gasteiger partial charge in [-0.05, 0) is 41.0 Å². The van der Waals surface area contributed by atoms with E-state index in [-0.39, 0.29) is 6.04 Å². The Balaban J connectivity index is 2.07. The monoisotopic (exact) mass is 270 g/mol. The second-order valence-corrected chi connectivity index (χ2v) is 4.87. The molecule has 2 aromatic carbocycles. The highest BCUT2D eigenvalue weighted by molar-refractivity contribution is 6.31. The summed E-state index contributed by atoms with van der Waals surface area (Å²) in [6, 6.07) is 12.3. The summed E-state index contributed by atoms with van der Waals surface area (Å²) in [5.74, 6) is 0. The van der Waals surface area contributed by atoms with Crippen LogP contribution in [0.5, 0.6) is 0 Å². The van der Waals surface area contributed by atoms with Crippen LogP contribution >= 0.6 is 11.6 Å². The maximum atomic E-state index is 6.00. The van der Waals surface area contributed by atoms with Crippen molar-refractivity contribution in [2.24, 2.45) is 0 Å². The lowest BCUT2D eigenvalue weighted by Crippen LogP contribution is -2.10. The number of hydrogen-bond donors (Lipinski definition) is 0. The maximum absolute atomic E-state index is 6.00. The van der Waals surface area contributed by atoms with Crippen LogP contribution < -0.4 is 0 Å². The van der Waals surface area contributed by atoms with Gasteiger partial charge in [0, 0.05) is 11.2 Å². The number of benzene rings is 2. The summed E-state index contributed by atoms with van der Waals surface area (Å²) in [5.41, 5.74) is 1.18. The minimum atomic E-state index is 0.113. The van der Waals surface area contributed by atoms with E-state index in [1.807, 2.05) is 29.1 Å². The topological polar surface area (TPSA) is 30.7 Å². The van der Waals surface area contributed by atoms with Gasteiger partial charge in [0.05, 0.1) is 12.2 Å². The van der Waals surface area contributed by atoms with Gasteiger partial charge in [-0.25, -0.2) is 4.68 Å². The summed E-state index contributed by atoms with van der Waals surface area (Å²) in [6.07, 6.45) is 4.27. The number of rotatable bonds is 3. The van der Waals surface area contributed by atoms with Gasteiger partial charge in [0.2, 0.25) is 0 Å². The van der Waals surface area contributed by atoms with Crippen LogP contribution in [0.3, 0.4) is 0 Å². The molecule has 0 aliphatic rings. The lowest BCUT2D eigenvalue weighted by molar-refractivity contribution is 0.510. The van der Waals surface area contributed by atoms with E-state index < -0.39 is 0 Å². The van der Waals surface area contributed by atoms with Gasteiger partial charge in [0.1, 0.15) is 0 Å². The third-order valence-electron chi connectivity index (χ3n) is 3.24. The second kappa shape index (κ2) is 5.02. The highest BCUT2D eigenvalue weighted by Gasteiger charge is 2.12. The predicted molar refractivity (Wildman–Crippen MR) is 77.1 cm³/mol. The molecule has 0 spiro atoms. The van der Waals surface area contributed by atoms with Crippen molar-refractivity contribution in [1.29, 1.82) is 0 Å². The van der Waals surface area contributed by atoms with Crippen LogP contribution in [-0.4, -0.2) is 15.0 Å². The molecule has 95 valence electrons. The van der Waals surface area contributed by atoms with E-state index in [4.69, 9.17) is 11.6 Å². The molecule has 0 aliphatic heterocycles. The number of hydrogen-bond acceptors (Lipinski definition) is 2. The highest BCUT2D eigenvalue weighted by atomic mass is 35.5. The van der Waals surface area contributed by atoms with Crippen molar-refractivity contribution in [2.75, 3.05) is 0 Å². The van der Waals surface area contributed by atoms with E-state index in [0.29, 0.717) is 0 Å². The zero-order chi connectivity index (χ0) is 13.2. The first-order chi connectivity index (χ1) is 9.28. The number of nitrogens with zero attached hydrogens (tertiary/aromatic N) is 3. The smallest absolute Gasteiger partial charge is 0.0786 e. The molecule has 0 amide bonds. The number of fused-ring (bicyclic) bond motifs is 1. The van der Waals surface area contributed by atoms with E-state index >= 15 is 0 Å². The van der Waals surface area contributed by atoms with Crippen molar-refractivity contribution in [3.63, 3.8) is 0 Å². The summed E-state index contributed by atoms with van der Waals surface area (Å²) in [7, 11) is 0. The maximum Gasteiger partial charge on any atom is 0.0786 e. The van der Waals surface area contributed by atoms with E-state index in [1.165, 1.54) is 10.9 Å². The molecule has 1 radical (unpaired) electrons. The Kier molecular flexibility index (Phi) is 3.22. The van der Waals surface area contributed by atoms with Crippen LogP contribution in [0.25, 0.3) is 10.8 Å². The molecule has 0 aliphatic carbocycles. The highest BCUT2D eigenvalue weighted by Crippen LogP contribution is 2.26. The van der Waals surface area contributed by atoms with Crippen molar-refractivity contribution in [3.8, 4) is 0 Å². The Bertz CT molecular complexity index is 692. The van der Waals surface area contributed by atoms with Crippen molar-refractivity contribution in [1.82, 2.24) is 15.0 Å². The third kappa shape index (κ3) is 2.34. The minimum Gasteiger partial charge on any atom is -0.245 e. The fourth-order valence-electron chi connectivity index (χ4n) is 2.28. The van der Waals surface area contributed by atoms with Gasteiger partial charge in [-0.15, -0.1) is 5.10 Å². The normalized spacial score (nSPS) is 12.7. The second-order valence-electron chi connectivity index (χ2n) is 4.44. The van der Waals surface area contributed by atoms with Gasteiger partial charge in [-0.1, -0.05) is 41.9 Å². The molecular weight excluding hydrogens is 258 g/mol. The van der Waals surface area contributed by atoms with Gasteiger partial charge in [0.25, 0.3) is 0 Å². The third-order valence-corrected chi connectivity index (χ3v) is 3.48. The standard InChI is InChI=1S/C15H13ClN3/c1-2-15(19-8-7-17-18-19)13-4-3-12-10-14(16)6-5-11(12)9-13/h3-10,15H,1-2H2. The SMILES string of the molecule is [CH2]CC(c1ccc2cc(Cl)ccc2c1)n1ccnn1. The predicted octanol–water partition coefficient (Wildman–Crippen LogP) is 3.90. The van der Waals surface area contributed by atoms with E-state index in [0.717, 1.165) is 16.8 Å². The molecule has 1 aromatic heterocycles. The van der Waals surface area contributed by atoms with Gasteiger partial charge < -0.3 is 0 Å². The Morgan fingerprint density at radius 3 is 2.68 bits per heavy atom. The Labute approximate surface area is 116 Å². The van der Waals surface area contributed by atoms with Crippen molar-refractivity contribution in [2.45, 2.75) is 12.5 Å². The molecule has 3 rings (SSSR count). The summed E-state index contributed by atoms with van der Waals surface area (Å²) in [4.78, 5) is 0. The molecule has 3 aromatic rings. The molecule has 1 heterocycles. The van der Waals surface area contributed by atoms with Crippen molar-refractivity contribution < 1.29 is 0 Å². The summed E-state index contributed by atoms with van der Waals surface area (Å²) in [5, 5.41) is 11.0. The summed E-state index contributed by atoms with van der Waals surface area (Å²) < 4.78 is 1.84. The molecular formula is C15H13ClN3. The molecule has 1 unspecified atom stereocenters. The first-order valence-electron chi connectivity index (χ1n) is 6.12. The van der Waals surface area contributed by atoms with Crippen LogP contribution in [-0.2, 0) is 0 Å². The molecule has 0 saturated carbocycles. The molecule has 3 nitrogen and oxygen atoms in total. The fraction of sp³-hybridized carbons (Fsp3) is 0.133. The lowest BCUT2D eigenvalue weighted by Gasteiger charge is -2.15. The largest absolute Gasteiger partial charge is 0.245 e. The Hall–Kier alpha value is -1.87. The minimum absolute atomic E-state index is 0.113. The van der Waals surface area contributed by atoms with Crippen molar-refractivity contribution in [3.05, 3.63) is 66.3 Å². The molecule has 1 atom stereocenters. The van der Waals surface area contributed by atoms with Gasteiger partial charge in [-0.2, -0.15) is 0 Å². The fourth-order valence-corrected chi connectivity index (χ4v) is 2.46. The molecule has 0 fully saturated rings. The summed E-state index contributed by atoms with van der Waals surface area (Å²) in [6.45, 7) is 4.00. The van der Waals surface area contributed by atoms with Crippen molar-refractivity contribution >= 4 is 22.4 Å². The Morgan fingerprint density at radius 2 is 1.95 bits per heavy atom. The molecule has 0 saturated heterocycles. The van der Waals surface area contributed by atoms with E-state index in [9.17, 15) is 0 Å². The zero-order valence-corrected chi connectivity index (χ0v) is 11.1. The van der Waals surface area contributed by atoms with Crippen LogP contribution in [0.1, 0.15) is 18.0 Å². The summed E-state index contributed by atoms with van der Waals surface area (Å²) >= 11 is 6.00. The first kappa shape index (κ1) is 12.2. The quantitative estimate of drug-likeness (QED) is 0.723. The van der Waals surface area contributed by atoms with Gasteiger partial charge >= 0.3 is 0 Å². The molecule has 4 heteroatoms. The van der Waals surface area contributed by atoms with Crippen LogP contribution in [0, 0.1) is 6.92 Å². The molecule has 0 bridgehead atoms. The van der Waals surface area contributed by atoms with Crippen LogP contribution in [0.4, 0.5) is 0 Å². The zero-order valence-electron chi connectivity index (χ0n) is 10.3. The average molecular weight is 271 g/mol. The first-order valence-corrected chi connectivity index (χ1v) is 6.50. The average Bonchev–Trinajstić information content (AvgIpc) is 2.93.